The summed E-state index contributed by atoms with van der Waals surface area (Å²) >= 11 is 0. The molecular formula is C24H23NO. The van der Waals surface area contributed by atoms with Gasteiger partial charge in [-0.25, -0.2) is 0 Å². The molecule has 1 aliphatic rings. The van der Waals surface area contributed by atoms with Crippen LogP contribution in [0.25, 0.3) is 0 Å². The second-order valence-corrected chi connectivity index (χ2v) is 7.11. The van der Waals surface area contributed by atoms with E-state index in [1.165, 1.54) is 22.3 Å². The van der Waals surface area contributed by atoms with E-state index in [-0.39, 0.29) is 11.8 Å². The second kappa shape index (κ2) is 7.27. The van der Waals surface area contributed by atoms with Gasteiger partial charge in [-0.3, -0.25) is 9.69 Å². The second-order valence-electron chi connectivity index (χ2n) is 7.11. The summed E-state index contributed by atoms with van der Waals surface area (Å²) in [6.07, 6.45) is 0.774. The van der Waals surface area contributed by atoms with Crippen molar-refractivity contribution in [2.75, 3.05) is 0 Å². The van der Waals surface area contributed by atoms with E-state index in [1.807, 2.05) is 37.3 Å². The van der Waals surface area contributed by atoms with Crippen molar-refractivity contribution in [2.45, 2.75) is 32.5 Å². The molecule has 0 saturated carbocycles. The predicted molar refractivity (Wildman–Crippen MR) is 105 cm³/mol. The third kappa shape index (κ3) is 3.47. The van der Waals surface area contributed by atoms with Gasteiger partial charge in [0.15, 0.2) is 5.78 Å². The maximum atomic E-state index is 13.3. The van der Waals surface area contributed by atoms with Crippen LogP contribution < -0.4 is 0 Å². The summed E-state index contributed by atoms with van der Waals surface area (Å²) in [5, 5.41) is 0. The Morgan fingerprint density at radius 2 is 1.54 bits per heavy atom. The number of fused-ring (bicyclic) bond motifs is 1. The van der Waals surface area contributed by atoms with Crippen molar-refractivity contribution >= 4 is 5.78 Å². The van der Waals surface area contributed by atoms with Gasteiger partial charge in [0.25, 0.3) is 0 Å². The normalized spacial score (nSPS) is 16.9. The molecule has 0 aromatic heterocycles. The van der Waals surface area contributed by atoms with Crippen LogP contribution in [-0.4, -0.2) is 16.7 Å². The molecule has 1 aliphatic heterocycles. The van der Waals surface area contributed by atoms with Gasteiger partial charge in [-0.05, 0) is 30.0 Å². The molecular weight excluding hydrogens is 318 g/mol. The van der Waals surface area contributed by atoms with Crippen LogP contribution in [0.5, 0.6) is 0 Å². The van der Waals surface area contributed by atoms with Gasteiger partial charge < -0.3 is 0 Å². The van der Waals surface area contributed by atoms with Gasteiger partial charge in [-0.15, -0.1) is 0 Å². The average molecular weight is 341 g/mol. The van der Waals surface area contributed by atoms with Crippen molar-refractivity contribution in [2.24, 2.45) is 0 Å². The van der Waals surface area contributed by atoms with E-state index in [9.17, 15) is 4.79 Å². The molecule has 3 aromatic carbocycles. The number of carbonyl (C=O) groups excluding carboxylic acids is 1. The Morgan fingerprint density at radius 1 is 0.885 bits per heavy atom. The summed E-state index contributed by atoms with van der Waals surface area (Å²) in [7, 11) is 0. The van der Waals surface area contributed by atoms with E-state index in [0.717, 1.165) is 25.1 Å². The summed E-state index contributed by atoms with van der Waals surface area (Å²) < 4.78 is 0. The van der Waals surface area contributed by atoms with Crippen LogP contribution in [0.1, 0.15) is 32.6 Å². The topological polar surface area (TPSA) is 20.3 Å². The summed E-state index contributed by atoms with van der Waals surface area (Å²) in [5.41, 5.74) is 5.85. The van der Waals surface area contributed by atoms with Crippen LogP contribution in [-0.2, 0) is 19.5 Å². The highest BCUT2D eigenvalue weighted by molar-refractivity contribution is 6.00. The summed E-state index contributed by atoms with van der Waals surface area (Å²) in [4.78, 5) is 15.6. The fourth-order valence-electron chi connectivity index (χ4n) is 3.73. The molecule has 26 heavy (non-hydrogen) atoms. The van der Waals surface area contributed by atoms with Crippen LogP contribution in [0.15, 0.2) is 78.9 Å². The molecule has 0 amide bonds. The predicted octanol–water partition coefficient (Wildman–Crippen LogP) is 4.80. The van der Waals surface area contributed by atoms with Gasteiger partial charge in [-0.2, -0.15) is 0 Å². The highest BCUT2D eigenvalue weighted by atomic mass is 16.1. The minimum Gasteiger partial charge on any atom is -0.292 e. The zero-order chi connectivity index (χ0) is 17.9. The third-order valence-corrected chi connectivity index (χ3v) is 5.21. The highest BCUT2D eigenvalue weighted by Crippen LogP contribution is 2.27. The molecule has 2 heteroatoms. The molecule has 0 spiro atoms. The fourth-order valence-corrected chi connectivity index (χ4v) is 3.73. The lowest BCUT2D eigenvalue weighted by Gasteiger charge is -2.36. The SMILES string of the molecule is Cc1ccc(C(=O)C2Cc3ccccc3CN2Cc2ccccc2)cc1. The lowest BCUT2D eigenvalue weighted by Crippen LogP contribution is -2.45. The Morgan fingerprint density at radius 3 is 2.27 bits per heavy atom. The van der Waals surface area contributed by atoms with Crippen molar-refractivity contribution in [3.05, 3.63) is 107 Å². The molecule has 0 aliphatic carbocycles. The molecule has 0 radical (unpaired) electrons. The zero-order valence-corrected chi connectivity index (χ0v) is 15.1. The van der Waals surface area contributed by atoms with Crippen molar-refractivity contribution < 1.29 is 4.79 Å². The maximum Gasteiger partial charge on any atom is 0.180 e. The van der Waals surface area contributed by atoms with Crippen molar-refractivity contribution in [1.82, 2.24) is 4.90 Å². The summed E-state index contributed by atoms with van der Waals surface area (Å²) in [6, 6.07) is 26.7. The van der Waals surface area contributed by atoms with E-state index in [0.29, 0.717) is 0 Å². The smallest absolute Gasteiger partial charge is 0.180 e. The number of hydrogen-bond acceptors (Lipinski definition) is 2. The first-order chi connectivity index (χ1) is 12.7. The first-order valence-electron chi connectivity index (χ1n) is 9.16. The van der Waals surface area contributed by atoms with Crippen LogP contribution in [0.3, 0.4) is 0 Å². The van der Waals surface area contributed by atoms with E-state index in [2.05, 4.69) is 53.4 Å². The standard InChI is InChI=1S/C24H23NO/c1-18-11-13-20(14-12-18)24(26)23-15-21-9-5-6-10-22(21)17-25(23)16-19-7-3-2-4-8-19/h2-14,23H,15-17H2,1H3. The van der Waals surface area contributed by atoms with Gasteiger partial charge in [0, 0.05) is 18.7 Å². The Balaban J connectivity index is 1.66. The summed E-state index contributed by atoms with van der Waals surface area (Å²) in [6.45, 7) is 3.65. The van der Waals surface area contributed by atoms with Crippen molar-refractivity contribution in [1.29, 1.82) is 0 Å². The first-order valence-corrected chi connectivity index (χ1v) is 9.16. The lowest BCUT2D eigenvalue weighted by atomic mass is 9.89. The van der Waals surface area contributed by atoms with Crippen LogP contribution >= 0.6 is 0 Å². The van der Waals surface area contributed by atoms with E-state index < -0.39 is 0 Å². The largest absolute Gasteiger partial charge is 0.292 e. The average Bonchev–Trinajstić information content (AvgIpc) is 2.68. The van der Waals surface area contributed by atoms with Crippen LogP contribution in [0.2, 0.25) is 0 Å². The molecule has 1 heterocycles. The van der Waals surface area contributed by atoms with Crippen molar-refractivity contribution in [3.8, 4) is 0 Å². The Labute approximate surface area is 155 Å². The lowest BCUT2D eigenvalue weighted by molar-refractivity contribution is 0.0770. The minimum absolute atomic E-state index is 0.118. The molecule has 0 saturated heterocycles. The molecule has 3 aromatic rings. The van der Waals surface area contributed by atoms with Gasteiger partial charge in [-0.1, -0.05) is 84.4 Å². The molecule has 0 bridgehead atoms. The van der Waals surface area contributed by atoms with Crippen LogP contribution in [0, 0.1) is 6.92 Å². The number of ketones is 1. The molecule has 2 nitrogen and oxygen atoms in total. The number of benzene rings is 3. The number of aryl methyl sites for hydroxylation is 1. The van der Waals surface area contributed by atoms with E-state index in [4.69, 9.17) is 0 Å². The highest BCUT2D eigenvalue weighted by Gasteiger charge is 2.31. The number of carbonyl (C=O) groups is 1. The fraction of sp³-hybridized carbons (Fsp3) is 0.208. The number of Topliss-reactive ketones (excluding diaryl/α,β-unsaturated/α-hetero) is 1. The molecule has 1 unspecified atom stereocenters. The van der Waals surface area contributed by atoms with E-state index >= 15 is 0 Å². The zero-order valence-electron chi connectivity index (χ0n) is 15.1. The maximum absolute atomic E-state index is 13.3. The van der Waals surface area contributed by atoms with Gasteiger partial charge >= 0.3 is 0 Å². The van der Waals surface area contributed by atoms with E-state index in [1.54, 1.807) is 0 Å². The quantitative estimate of drug-likeness (QED) is 0.635. The number of rotatable bonds is 4. The molecule has 1 atom stereocenters. The number of hydrogen-bond donors (Lipinski definition) is 0. The molecule has 130 valence electrons. The van der Waals surface area contributed by atoms with Crippen molar-refractivity contribution in [3.63, 3.8) is 0 Å². The number of nitrogens with zero attached hydrogens (tertiary/aromatic N) is 1. The van der Waals surface area contributed by atoms with Gasteiger partial charge in [0.2, 0.25) is 0 Å². The Hall–Kier alpha value is -2.71. The monoisotopic (exact) mass is 341 g/mol. The summed E-state index contributed by atoms with van der Waals surface area (Å²) in [5.74, 6) is 0.218. The van der Waals surface area contributed by atoms with Gasteiger partial charge in [0.1, 0.15) is 0 Å². The Bertz CT molecular complexity index is 899. The molecule has 4 rings (SSSR count). The molecule has 0 fully saturated rings. The third-order valence-electron chi connectivity index (χ3n) is 5.21. The van der Waals surface area contributed by atoms with Crippen LogP contribution in [0.4, 0.5) is 0 Å². The Kier molecular flexibility index (Phi) is 4.68. The minimum atomic E-state index is -0.118. The first kappa shape index (κ1) is 16.7. The van der Waals surface area contributed by atoms with Gasteiger partial charge in [0.05, 0.1) is 6.04 Å². The molecule has 0 N–H and O–H groups in total.